The molecule has 198 valence electrons. The van der Waals surface area contributed by atoms with Gasteiger partial charge in [-0.25, -0.2) is 9.37 Å². The van der Waals surface area contributed by atoms with Gasteiger partial charge >= 0.3 is 0 Å². The summed E-state index contributed by atoms with van der Waals surface area (Å²) in [5, 5.41) is 7.08. The summed E-state index contributed by atoms with van der Waals surface area (Å²) in [5.41, 5.74) is 1.90. The molecule has 1 fully saturated rings. The molecule has 1 aliphatic carbocycles. The van der Waals surface area contributed by atoms with Gasteiger partial charge in [0, 0.05) is 54.9 Å². The van der Waals surface area contributed by atoms with Crippen LogP contribution in [-0.2, 0) is 17.9 Å². The number of H-pyrrole nitrogens is 1. The molecule has 3 heterocycles. The van der Waals surface area contributed by atoms with Gasteiger partial charge in [0.05, 0.1) is 11.7 Å². The number of thiazole rings is 1. The predicted octanol–water partition coefficient (Wildman–Crippen LogP) is 2.92. The molecule has 9 nitrogen and oxygen atoms in total. The summed E-state index contributed by atoms with van der Waals surface area (Å²) in [4.78, 5) is 51.2. The highest BCUT2D eigenvalue weighted by Crippen LogP contribution is 2.29. The Morgan fingerprint density at radius 1 is 1.11 bits per heavy atom. The van der Waals surface area contributed by atoms with Crippen LogP contribution in [0.4, 0.5) is 4.39 Å². The Kier molecular flexibility index (Phi) is 7.86. The number of hydrogen-bond donors (Lipinski definition) is 3. The lowest BCUT2D eigenvalue weighted by atomic mass is 9.81. The molecule has 1 aromatic carbocycles. The van der Waals surface area contributed by atoms with E-state index < -0.39 is 6.04 Å². The zero-order valence-electron chi connectivity index (χ0n) is 20.8. The molecule has 3 N–H and O–H groups in total. The normalized spacial score (nSPS) is 21.2. The van der Waals surface area contributed by atoms with E-state index in [0.29, 0.717) is 40.9 Å². The van der Waals surface area contributed by atoms with Crippen molar-refractivity contribution in [2.75, 3.05) is 21.1 Å². The Hall–Kier alpha value is -3.02. The minimum Gasteiger partial charge on any atom is -0.351 e. The van der Waals surface area contributed by atoms with Crippen LogP contribution in [0, 0.1) is 11.7 Å². The summed E-state index contributed by atoms with van der Waals surface area (Å²) in [5.74, 6) is -1.25. The van der Waals surface area contributed by atoms with Gasteiger partial charge in [-0.15, -0.1) is 23.7 Å². The number of benzene rings is 1. The van der Waals surface area contributed by atoms with E-state index in [9.17, 15) is 18.8 Å². The molecule has 0 spiro atoms. The standard InChI is InChI=1S/C25H29FN6O3S.ClH/c1-31(2)25(35)13-4-6-17(28-22(33)19-10-14-8-15(26)5-7-16(14)27-19)18(9-13)29-23(34)24-30-20-11-32(3)12-21(20)36-24;/h5,7-8,10,13,17-18,27H,4,6,9,11-12H2,1-3H3,(H,28,33)(H,29,34);1H/t13-,17-,18+;/m0./s1. The van der Waals surface area contributed by atoms with E-state index >= 15 is 0 Å². The topological polar surface area (TPSA) is 110 Å². The molecular weight excluding hydrogens is 519 g/mol. The fourth-order valence-electron chi connectivity index (χ4n) is 5.08. The number of halogens is 2. The lowest BCUT2D eigenvalue weighted by molar-refractivity contribution is -0.134. The molecule has 5 rings (SSSR count). The van der Waals surface area contributed by atoms with Gasteiger partial charge in [-0.3, -0.25) is 19.3 Å². The van der Waals surface area contributed by atoms with Crippen molar-refractivity contribution < 1.29 is 18.8 Å². The molecule has 37 heavy (non-hydrogen) atoms. The highest BCUT2D eigenvalue weighted by Gasteiger charge is 2.37. The van der Waals surface area contributed by atoms with E-state index in [1.807, 2.05) is 7.05 Å². The molecule has 0 bridgehead atoms. The minimum atomic E-state index is -0.438. The number of aromatic nitrogens is 2. The van der Waals surface area contributed by atoms with Crippen LogP contribution >= 0.6 is 23.7 Å². The lowest BCUT2D eigenvalue weighted by Gasteiger charge is -2.37. The van der Waals surface area contributed by atoms with Gasteiger partial charge in [-0.1, -0.05) is 0 Å². The number of fused-ring (bicyclic) bond motifs is 2. The number of amides is 3. The SMILES string of the molecule is CN1Cc2nc(C(=O)N[C@@H]3C[C@@H](C(=O)N(C)C)CC[C@@H]3NC(=O)c3cc4cc(F)ccc4[nH]3)sc2C1.Cl. The fourth-order valence-corrected chi connectivity index (χ4v) is 6.13. The van der Waals surface area contributed by atoms with Crippen LogP contribution in [0.2, 0.25) is 0 Å². The van der Waals surface area contributed by atoms with Crippen molar-refractivity contribution >= 4 is 52.4 Å². The van der Waals surface area contributed by atoms with Crippen LogP contribution in [0.15, 0.2) is 24.3 Å². The van der Waals surface area contributed by atoms with E-state index in [0.717, 1.165) is 23.7 Å². The molecule has 0 saturated heterocycles. The quantitative estimate of drug-likeness (QED) is 0.454. The van der Waals surface area contributed by atoms with Gasteiger partial charge in [0.1, 0.15) is 11.5 Å². The van der Waals surface area contributed by atoms with E-state index in [2.05, 4.69) is 25.5 Å². The summed E-state index contributed by atoms with van der Waals surface area (Å²) < 4.78 is 13.6. The first-order chi connectivity index (χ1) is 17.2. The van der Waals surface area contributed by atoms with Crippen molar-refractivity contribution in [3.63, 3.8) is 0 Å². The Bertz CT molecular complexity index is 1320. The average molecular weight is 549 g/mol. The Labute approximate surface area is 224 Å². The van der Waals surface area contributed by atoms with Gasteiger partial charge in [0.15, 0.2) is 5.01 Å². The molecule has 3 atom stereocenters. The number of nitrogens with zero attached hydrogens (tertiary/aromatic N) is 3. The van der Waals surface area contributed by atoms with Crippen molar-refractivity contribution in [3.05, 3.63) is 51.4 Å². The number of aromatic amines is 1. The maximum absolute atomic E-state index is 13.6. The van der Waals surface area contributed by atoms with Crippen LogP contribution < -0.4 is 10.6 Å². The van der Waals surface area contributed by atoms with Gasteiger partial charge in [-0.05, 0) is 50.6 Å². The summed E-state index contributed by atoms with van der Waals surface area (Å²) in [6.07, 6.45) is 1.55. The van der Waals surface area contributed by atoms with E-state index in [1.165, 1.54) is 23.5 Å². The summed E-state index contributed by atoms with van der Waals surface area (Å²) in [6.45, 7) is 1.49. The molecule has 12 heteroatoms. The second kappa shape index (κ2) is 10.8. The first kappa shape index (κ1) is 27.0. The predicted molar refractivity (Wildman–Crippen MR) is 141 cm³/mol. The van der Waals surface area contributed by atoms with Crippen molar-refractivity contribution in [2.45, 2.75) is 44.4 Å². The third-order valence-corrected chi connectivity index (χ3v) is 7.99. The fraction of sp³-hybridized carbons (Fsp3) is 0.440. The molecular formula is C25H30ClFN6O3S. The lowest BCUT2D eigenvalue weighted by Crippen LogP contribution is -2.56. The van der Waals surface area contributed by atoms with Crippen molar-refractivity contribution in [3.8, 4) is 0 Å². The van der Waals surface area contributed by atoms with Crippen molar-refractivity contribution in [1.29, 1.82) is 0 Å². The molecule has 3 aromatic rings. The smallest absolute Gasteiger partial charge is 0.280 e. The Balaban J connectivity index is 0.00000320. The number of nitrogens with one attached hydrogen (secondary N) is 3. The largest absolute Gasteiger partial charge is 0.351 e. The Morgan fingerprint density at radius 2 is 1.86 bits per heavy atom. The molecule has 0 radical (unpaired) electrons. The average Bonchev–Trinajstić information content (AvgIpc) is 3.52. The molecule has 0 unspecified atom stereocenters. The van der Waals surface area contributed by atoms with Crippen LogP contribution in [0.1, 0.15) is 50.1 Å². The van der Waals surface area contributed by atoms with Crippen LogP contribution in [-0.4, -0.2) is 70.7 Å². The highest BCUT2D eigenvalue weighted by molar-refractivity contribution is 7.13. The number of rotatable bonds is 5. The molecule has 1 saturated carbocycles. The van der Waals surface area contributed by atoms with E-state index in [-0.39, 0.29) is 47.9 Å². The zero-order valence-corrected chi connectivity index (χ0v) is 22.5. The molecule has 3 amide bonds. The third kappa shape index (κ3) is 5.63. The van der Waals surface area contributed by atoms with Gasteiger partial charge in [0.25, 0.3) is 11.8 Å². The number of carbonyl (C=O) groups is 3. The van der Waals surface area contributed by atoms with Crippen LogP contribution in [0.3, 0.4) is 0 Å². The number of carbonyl (C=O) groups excluding carboxylic acids is 3. The van der Waals surface area contributed by atoms with Crippen molar-refractivity contribution in [1.82, 2.24) is 30.4 Å². The van der Waals surface area contributed by atoms with Crippen LogP contribution in [0.5, 0.6) is 0 Å². The maximum Gasteiger partial charge on any atom is 0.280 e. The van der Waals surface area contributed by atoms with Crippen molar-refractivity contribution in [2.24, 2.45) is 5.92 Å². The molecule has 2 aliphatic rings. The van der Waals surface area contributed by atoms with E-state index in [4.69, 9.17) is 0 Å². The van der Waals surface area contributed by atoms with Gasteiger partial charge in [0.2, 0.25) is 5.91 Å². The third-order valence-electron chi connectivity index (χ3n) is 6.91. The second-order valence-electron chi connectivity index (χ2n) is 9.88. The second-order valence-corrected chi connectivity index (χ2v) is 11.0. The minimum absolute atomic E-state index is 0. The first-order valence-corrected chi connectivity index (χ1v) is 12.8. The maximum atomic E-state index is 13.6. The molecule has 1 aliphatic heterocycles. The summed E-state index contributed by atoms with van der Waals surface area (Å²) >= 11 is 1.39. The highest BCUT2D eigenvalue weighted by atomic mass is 35.5. The summed E-state index contributed by atoms with van der Waals surface area (Å²) in [7, 11) is 5.45. The van der Waals surface area contributed by atoms with E-state index in [1.54, 1.807) is 31.1 Å². The summed E-state index contributed by atoms with van der Waals surface area (Å²) in [6, 6.07) is 5.10. The first-order valence-electron chi connectivity index (χ1n) is 12.0. The van der Waals surface area contributed by atoms with Gasteiger partial charge < -0.3 is 20.5 Å². The monoisotopic (exact) mass is 548 g/mol. The molecule has 2 aromatic heterocycles. The van der Waals surface area contributed by atoms with Gasteiger partial charge in [-0.2, -0.15) is 0 Å². The van der Waals surface area contributed by atoms with Crippen LogP contribution in [0.25, 0.3) is 10.9 Å². The number of hydrogen-bond acceptors (Lipinski definition) is 6. The zero-order chi connectivity index (χ0) is 25.6. The Morgan fingerprint density at radius 3 is 2.59 bits per heavy atom.